The van der Waals surface area contributed by atoms with Gasteiger partial charge in [-0.25, -0.2) is 18.1 Å². The number of benzene rings is 1. The predicted molar refractivity (Wildman–Crippen MR) is 75.0 cm³/mol. The lowest BCUT2D eigenvalue weighted by atomic mass is 10.1. The van der Waals surface area contributed by atoms with Crippen LogP contribution in [-0.4, -0.2) is 29.0 Å². The second kappa shape index (κ2) is 6.06. The third kappa shape index (κ3) is 3.89. The van der Waals surface area contributed by atoms with Crippen LogP contribution in [0.3, 0.4) is 0 Å². The highest BCUT2D eigenvalue weighted by Gasteiger charge is 2.25. The predicted octanol–water partition coefficient (Wildman–Crippen LogP) is 0.914. The molecule has 7 nitrogen and oxygen atoms in total. The molecule has 2 rings (SSSR count). The highest BCUT2D eigenvalue weighted by Crippen LogP contribution is 2.19. The van der Waals surface area contributed by atoms with E-state index in [1.165, 1.54) is 17.1 Å². The van der Waals surface area contributed by atoms with Crippen molar-refractivity contribution in [3.63, 3.8) is 0 Å². The van der Waals surface area contributed by atoms with Gasteiger partial charge in [-0.05, 0) is 5.56 Å². The molecule has 1 aromatic heterocycles. The first-order chi connectivity index (χ1) is 9.88. The van der Waals surface area contributed by atoms with Gasteiger partial charge in [0.2, 0.25) is 0 Å². The normalized spacial score (nSPS) is 13.0. The molecule has 0 radical (unpaired) electrons. The summed E-state index contributed by atoms with van der Waals surface area (Å²) < 4.78 is 28.4. The molecule has 8 heteroatoms. The number of carbonyl (C=O) groups is 1. The number of imidazole rings is 1. The lowest BCUT2D eigenvalue weighted by Crippen LogP contribution is -2.30. The number of aliphatic carboxylic acids is 1. The van der Waals surface area contributed by atoms with Crippen molar-refractivity contribution in [3.8, 4) is 0 Å². The molecule has 0 saturated heterocycles. The average Bonchev–Trinajstić information content (AvgIpc) is 2.86. The van der Waals surface area contributed by atoms with Gasteiger partial charge in [0.15, 0.2) is 5.03 Å². The summed E-state index contributed by atoms with van der Waals surface area (Å²) >= 11 is 0. The topological polar surface area (TPSA) is 101 Å². The molecule has 0 amide bonds. The second-order valence-electron chi connectivity index (χ2n) is 4.56. The van der Waals surface area contributed by atoms with Gasteiger partial charge < -0.3 is 9.67 Å². The van der Waals surface area contributed by atoms with Crippen LogP contribution < -0.4 is 4.72 Å². The van der Waals surface area contributed by atoms with Crippen LogP contribution in [0.15, 0.2) is 47.9 Å². The van der Waals surface area contributed by atoms with Gasteiger partial charge in [-0.1, -0.05) is 30.3 Å². The smallest absolute Gasteiger partial charge is 0.305 e. The number of hydrogen-bond donors (Lipinski definition) is 2. The summed E-state index contributed by atoms with van der Waals surface area (Å²) in [7, 11) is -2.23. The Hall–Kier alpha value is -2.19. The van der Waals surface area contributed by atoms with E-state index in [0.29, 0.717) is 5.56 Å². The van der Waals surface area contributed by atoms with Crippen LogP contribution in [0.1, 0.15) is 18.0 Å². The molecule has 0 saturated carbocycles. The summed E-state index contributed by atoms with van der Waals surface area (Å²) in [5.74, 6) is -1.09. The number of nitrogens with one attached hydrogen (secondary N) is 1. The highest BCUT2D eigenvalue weighted by atomic mass is 32.2. The Morgan fingerprint density at radius 3 is 2.57 bits per heavy atom. The number of nitrogens with zero attached hydrogens (tertiary/aromatic N) is 2. The summed E-state index contributed by atoms with van der Waals surface area (Å²) in [6, 6.07) is 7.71. The van der Waals surface area contributed by atoms with E-state index >= 15 is 0 Å². The maximum Gasteiger partial charge on any atom is 0.305 e. The number of aromatic nitrogens is 2. The van der Waals surface area contributed by atoms with Crippen molar-refractivity contribution in [3.05, 3.63) is 48.4 Å². The van der Waals surface area contributed by atoms with Crippen molar-refractivity contribution in [2.45, 2.75) is 17.5 Å². The molecule has 1 unspecified atom stereocenters. The van der Waals surface area contributed by atoms with Crippen molar-refractivity contribution in [1.82, 2.24) is 14.3 Å². The van der Waals surface area contributed by atoms with Crippen LogP contribution >= 0.6 is 0 Å². The molecular formula is C13H15N3O4S. The second-order valence-corrected chi connectivity index (χ2v) is 6.22. The summed E-state index contributed by atoms with van der Waals surface area (Å²) in [6.07, 6.45) is 2.37. The van der Waals surface area contributed by atoms with Gasteiger partial charge in [0.1, 0.15) is 0 Å². The third-order valence-corrected chi connectivity index (χ3v) is 4.19. The lowest BCUT2D eigenvalue weighted by Gasteiger charge is -2.16. The number of carboxylic acid groups (broad SMARTS) is 1. The van der Waals surface area contributed by atoms with E-state index in [1.54, 1.807) is 37.4 Å². The van der Waals surface area contributed by atoms with Crippen LogP contribution in [0.2, 0.25) is 0 Å². The minimum absolute atomic E-state index is 0.142. The molecule has 0 aliphatic heterocycles. The third-order valence-electron chi connectivity index (χ3n) is 2.83. The molecule has 2 aromatic rings. The van der Waals surface area contributed by atoms with E-state index in [9.17, 15) is 13.2 Å². The van der Waals surface area contributed by atoms with E-state index < -0.39 is 22.0 Å². The average molecular weight is 309 g/mol. The van der Waals surface area contributed by atoms with Crippen molar-refractivity contribution < 1.29 is 18.3 Å². The fourth-order valence-corrected chi connectivity index (χ4v) is 3.07. The molecule has 1 heterocycles. The molecule has 112 valence electrons. The minimum atomic E-state index is -3.88. The maximum atomic E-state index is 12.2. The Bertz CT molecular complexity index is 725. The van der Waals surface area contributed by atoms with Gasteiger partial charge in [0.25, 0.3) is 10.0 Å². The molecule has 0 bridgehead atoms. The summed E-state index contributed by atoms with van der Waals surface area (Å²) in [4.78, 5) is 14.7. The highest BCUT2D eigenvalue weighted by molar-refractivity contribution is 7.89. The van der Waals surface area contributed by atoms with E-state index in [0.717, 1.165) is 0 Å². The monoisotopic (exact) mass is 309 g/mol. The Morgan fingerprint density at radius 2 is 2.05 bits per heavy atom. The minimum Gasteiger partial charge on any atom is -0.481 e. The fraction of sp³-hybridized carbons (Fsp3) is 0.231. The van der Waals surface area contributed by atoms with Crippen molar-refractivity contribution in [2.75, 3.05) is 0 Å². The number of carboxylic acids is 1. The first kappa shape index (κ1) is 15.2. The van der Waals surface area contributed by atoms with Crippen molar-refractivity contribution >= 4 is 16.0 Å². The molecular weight excluding hydrogens is 294 g/mol. The fourth-order valence-electron chi connectivity index (χ4n) is 1.86. The zero-order chi connectivity index (χ0) is 15.5. The van der Waals surface area contributed by atoms with Crippen LogP contribution in [0.25, 0.3) is 0 Å². The van der Waals surface area contributed by atoms with Gasteiger partial charge >= 0.3 is 5.97 Å². The molecule has 0 spiro atoms. The number of hydrogen-bond acceptors (Lipinski definition) is 4. The van der Waals surface area contributed by atoms with Gasteiger partial charge in [-0.3, -0.25) is 4.79 Å². The molecule has 21 heavy (non-hydrogen) atoms. The number of sulfonamides is 1. The van der Waals surface area contributed by atoms with E-state index in [4.69, 9.17) is 5.11 Å². The van der Waals surface area contributed by atoms with E-state index in [1.807, 2.05) is 0 Å². The van der Waals surface area contributed by atoms with Crippen LogP contribution in [-0.2, 0) is 21.9 Å². The van der Waals surface area contributed by atoms with Gasteiger partial charge in [-0.2, -0.15) is 0 Å². The lowest BCUT2D eigenvalue weighted by molar-refractivity contribution is -0.137. The first-order valence-electron chi connectivity index (χ1n) is 6.15. The molecule has 0 aliphatic rings. The van der Waals surface area contributed by atoms with Crippen molar-refractivity contribution in [1.29, 1.82) is 0 Å². The zero-order valence-corrected chi connectivity index (χ0v) is 12.1. The van der Waals surface area contributed by atoms with Crippen molar-refractivity contribution in [2.24, 2.45) is 7.05 Å². The number of aryl methyl sites for hydroxylation is 1. The summed E-state index contributed by atoms with van der Waals surface area (Å²) in [5.41, 5.74) is 0.583. The number of rotatable bonds is 6. The molecule has 1 aromatic carbocycles. The Kier molecular flexibility index (Phi) is 4.39. The van der Waals surface area contributed by atoms with Gasteiger partial charge in [-0.15, -0.1) is 0 Å². The largest absolute Gasteiger partial charge is 0.481 e. The quantitative estimate of drug-likeness (QED) is 0.826. The van der Waals surface area contributed by atoms with Gasteiger partial charge in [0.05, 0.1) is 18.8 Å². The Morgan fingerprint density at radius 1 is 1.38 bits per heavy atom. The van der Waals surface area contributed by atoms with E-state index in [-0.39, 0.29) is 11.4 Å². The summed E-state index contributed by atoms with van der Waals surface area (Å²) in [5, 5.41) is 8.82. The molecule has 0 aliphatic carbocycles. The zero-order valence-electron chi connectivity index (χ0n) is 11.3. The Labute approximate surface area is 122 Å². The Balaban J connectivity index is 2.29. The maximum absolute atomic E-state index is 12.2. The SMILES string of the molecule is Cn1cnc(S(=O)(=O)NC(CC(=O)O)c2ccccc2)c1. The van der Waals surface area contributed by atoms with Crippen LogP contribution in [0.4, 0.5) is 0 Å². The van der Waals surface area contributed by atoms with Gasteiger partial charge in [0, 0.05) is 13.2 Å². The van der Waals surface area contributed by atoms with E-state index in [2.05, 4.69) is 9.71 Å². The van der Waals surface area contributed by atoms with Crippen LogP contribution in [0, 0.1) is 0 Å². The van der Waals surface area contributed by atoms with Crippen LogP contribution in [0.5, 0.6) is 0 Å². The molecule has 1 atom stereocenters. The molecule has 0 fully saturated rings. The molecule has 2 N–H and O–H groups in total. The standard InChI is InChI=1S/C13H15N3O4S/c1-16-8-12(14-9-16)21(19,20)15-11(7-13(17)18)10-5-3-2-4-6-10/h2-6,8-9,11,15H,7H2,1H3,(H,17,18). The summed E-state index contributed by atoms with van der Waals surface area (Å²) in [6.45, 7) is 0. The first-order valence-corrected chi connectivity index (χ1v) is 7.64.